The van der Waals surface area contributed by atoms with E-state index in [-0.39, 0.29) is 17.9 Å². The Bertz CT molecular complexity index is 1020. The van der Waals surface area contributed by atoms with Crippen molar-refractivity contribution in [2.24, 2.45) is 5.92 Å². The summed E-state index contributed by atoms with van der Waals surface area (Å²) in [5.74, 6) is 1.67. The van der Waals surface area contributed by atoms with Gasteiger partial charge in [0.15, 0.2) is 5.82 Å². The SMILES string of the molecule is CC1Cc2ccccc2N1C(=O)C1CCCN(c2cc(-n3cncn3)ncn2)C1. The molecule has 2 aliphatic rings. The standard InChI is InChI=1S/C21H23N7O/c1-15-9-16-5-2-3-7-18(16)28(15)21(29)17-6-4-8-26(11-17)19-10-20(24-13-23-19)27-14-22-12-25-27/h2-3,5,7,10,12-15,17H,4,6,8-9,11H2,1H3. The maximum absolute atomic E-state index is 13.4. The molecule has 1 fully saturated rings. The van der Waals surface area contributed by atoms with Crippen molar-refractivity contribution in [3.05, 3.63) is 54.9 Å². The quantitative estimate of drug-likeness (QED) is 0.684. The number of rotatable bonds is 3. The van der Waals surface area contributed by atoms with Crippen LogP contribution in [-0.2, 0) is 11.2 Å². The molecule has 2 aromatic heterocycles. The molecule has 1 saturated heterocycles. The van der Waals surface area contributed by atoms with Crippen LogP contribution >= 0.6 is 0 Å². The first-order chi connectivity index (χ1) is 14.2. The Morgan fingerprint density at radius 3 is 2.86 bits per heavy atom. The van der Waals surface area contributed by atoms with E-state index in [0.29, 0.717) is 12.4 Å². The maximum Gasteiger partial charge on any atom is 0.232 e. The maximum atomic E-state index is 13.4. The molecule has 0 bridgehead atoms. The minimum Gasteiger partial charge on any atom is -0.356 e. The Kier molecular flexibility index (Phi) is 4.46. The normalized spacial score (nSPS) is 21.3. The van der Waals surface area contributed by atoms with E-state index in [4.69, 9.17) is 0 Å². The van der Waals surface area contributed by atoms with Gasteiger partial charge in [0, 0.05) is 30.9 Å². The summed E-state index contributed by atoms with van der Waals surface area (Å²) in [6.45, 7) is 3.68. The van der Waals surface area contributed by atoms with Crippen LogP contribution in [-0.4, -0.2) is 49.8 Å². The van der Waals surface area contributed by atoms with E-state index in [1.165, 1.54) is 18.2 Å². The molecule has 1 amide bonds. The molecule has 0 radical (unpaired) electrons. The third kappa shape index (κ3) is 3.24. The van der Waals surface area contributed by atoms with Gasteiger partial charge in [-0.2, -0.15) is 5.10 Å². The molecule has 0 N–H and O–H groups in total. The van der Waals surface area contributed by atoms with Gasteiger partial charge in [0.1, 0.15) is 24.8 Å². The van der Waals surface area contributed by atoms with E-state index >= 15 is 0 Å². The van der Waals surface area contributed by atoms with Crippen molar-refractivity contribution >= 4 is 17.4 Å². The van der Waals surface area contributed by atoms with Crippen LogP contribution in [0, 0.1) is 5.92 Å². The number of benzene rings is 1. The van der Waals surface area contributed by atoms with E-state index in [9.17, 15) is 4.79 Å². The molecule has 3 aromatic rings. The molecular weight excluding hydrogens is 366 g/mol. The van der Waals surface area contributed by atoms with E-state index in [1.54, 1.807) is 11.0 Å². The Hall–Kier alpha value is -3.29. The lowest BCUT2D eigenvalue weighted by Crippen LogP contribution is -2.47. The third-order valence-corrected chi connectivity index (χ3v) is 5.83. The first-order valence-electron chi connectivity index (χ1n) is 10.0. The van der Waals surface area contributed by atoms with Gasteiger partial charge in [0.2, 0.25) is 5.91 Å². The Balaban J connectivity index is 1.36. The van der Waals surface area contributed by atoms with Crippen LogP contribution in [0.3, 0.4) is 0 Å². The van der Waals surface area contributed by atoms with Gasteiger partial charge in [-0.25, -0.2) is 19.6 Å². The lowest BCUT2D eigenvalue weighted by Gasteiger charge is -2.35. The van der Waals surface area contributed by atoms with Crippen LogP contribution in [0.5, 0.6) is 0 Å². The number of hydrogen-bond donors (Lipinski definition) is 0. The van der Waals surface area contributed by atoms with Gasteiger partial charge in [0.25, 0.3) is 0 Å². The zero-order chi connectivity index (χ0) is 19.8. The highest BCUT2D eigenvalue weighted by atomic mass is 16.2. The van der Waals surface area contributed by atoms with Gasteiger partial charge in [-0.3, -0.25) is 4.79 Å². The van der Waals surface area contributed by atoms with Crippen molar-refractivity contribution in [2.75, 3.05) is 22.9 Å². The summed E-state index contributed by atoms with van der Waals surface area (Å²) < 4.78 is 1.61. The molecule has 0 spiro atoms. The summed E-state index contributed by atoms with van der Waals surface area (Å²) in [6.07, 6.45) is 7.42. The number of aromatic nitrogens is 5. The summed E-state index contributed by atoms with van der Waals surface area (Å²) in [7, 11) is 0. The number of para-hydroxylation sites is 1. The second-order valence-electron chi connectivity index (χ2n) is 7.75. The van der Waals surface area contributed by atoms with E-state index in [2.05, 4.69) is 44.0 Å². The van der Waals surface area contributed by atoms with E-state index in [1.807, 2.05) is 23.1 Å². The van der Waals surface area contributed by atoms with Gasteiger partial charge in [-0.15, -0.1) is 0 Å². The molecular formula is C21H23N7O. The molecule has 2 aliphatic heterocycles. The molecule has 2 atom stereocenters. The van der Waals surface area contributed by atoms with Crippen molar-refractivity contribution in [3.8, 4) is 5.82 Å². The van der Waals surface area contributed by atoms with Gasteiger partial charge in [-0.05, 0) is 37.8 Å². The second-order valence-corrected chi connectivity index (χ2v) is 7.75. The van der Waals surface area contributed by atoms with Crippen molar-refractivity contribution in [2.45, 2.75) is 32.2 Å². The van der Waals surface area contributed by atoms with Gasteiger partial charge >= 0.3 is 0 Å². The highest BCUT2D eigenvalue weighted by Crippen LogP contribution is 2.34. The fourth-order valence-electron chi connectivity index (χ4n) is 4.45. The zero-order valence-corrected chi connectivity index (χ0v) is 16.3. The lowest BCUT2D eigenvalue weighted by atomic mass is 9.96. The summed E-state index contributed by atoms with van der Waals surface area (Å²) >= 11 is 0. The summed E-state index contributed by atoms with van der Waals surface area (Å²) in [6, 6.07) is 10.3. The fraction of sp³-hybridized carbons (Fsp3) is 0.381. The van der Waals surface area contributed by atoms with Crippen molar-refractivity contribution in [3.63, 3.8) is 0 Å². The Morgan fingerprint density at radius 2 is 2.00 bits per heavy atom. The zero-order valence-electron chi connectivity index (χ0n) is 16.3. The Labute approximate surface area is 169 Å². The second kappa shape index (κ2) is 7.27. The minimum atomic E-state index is -0.0397. The molecule has 0 aliphatic carbocycles. The number of piperidine rings is 1. The molecule has 0 saturated carbocycles. The van der Waals surface area contributed by atoms with Crippen LogP contribution < -0.4 is 9.80 Å². The van der Waals surface area contributed by atoms with Crippen molar-refractivity contribution in [1.29, 1.82) is 0 Å². The Morgan fingerprint density at radius 1 is 1.14 bits per heavy atom. The number of hydrogen-bond acceptors (Lipinski definition) is 6. The van der Waals surface area contributed by atoms with Crippen molar-refractivity contribution in [1.82, 2.24) is 24.7 Å². The first-order valence-corrected chi connectivity index (χ1v) is 10.0. The number of nitrogens with zero attached hydrogens (tertiary/aromatic N) is 7. The first kappa shape index (κ1) is 17.8. The summed E-state index contributed by atoms with van der Waals surface area (Å²) in [5, 5.41) is 4.13. The smallest absolute Gasteiger partial charge is 0.232 e. The van der Waals surface area contributed by atoms with Crippen LogP contribution in [0.15, 0.2) is 49.3 Å². The highest BCUT2D eigenvalue weighted by Gasteiger charge is 2.36. The van der Waals surface area contributed by atoms with Gasteiger partial charge in [-0.1, -0.05) is 18.2 Å². The number of carbonyl (C=O) groups excluding carboxylic acids is 1. The monoisotopic (exact) mass is 389 g/mol. The number of carbonyl (C=O) groups is 1. The van der Waals surface area contributed by atoms with Crippen LogP contribution in [0.1, 0.15) is 25.3 Å². The third-order valence-electron chi connectivity index (χ3n) is 5.83. The highest BCUT2D eigenvalue weighted by molar-refractivity contribution is 5.98. The van der Waals surface area contributed by atoms with Gasteiger partial charge in [0.05, 0.1) is 5.92 Å². The molecule has 4 heterocycles. The minimum absolute atomic E-state index is 0.0397. The average Bonchev–Trinajstić information content (AvgIpc) is 3.41. The number of amides is 1. The molecule has 8 heteroatoms. The molecule has 29 heavy (non-hydrogen) atoms. The molecule has 2 unspecified atom stereocenters. The van der Waals surface area contributed by atoms with E-state index < -0.39 is 0 Å². The van der Waals surface area contributed by atoms with Crippen LogP contribution in [0.4, 0.5) is 11.5 Å². The molecule has 8 nitrogen and oxygen atoms in total. The molecule has 5 rings (SSSR count). The predicted molar refractivity (Wildman–Crippen MR) is 109 cm³/mol. The number of anilines is 2. The van der Waals surface area contributed by atoms with Crippen LogP contribution in [0.2, 0.25) is 0 Å². The lowest BCUT2D eigenvalue weighted by molar-refractivity contribution is -0.122. The topological polar surface area (TPSA) is 80.0 Å². The van der Waals surface area contributed by atoms with Gasteiger partial charge < -0.3 is 9.80 Å². The van der Waals surface area contributed by atoms with Crippen LogP contribution in [0.25, 0.3) is 5.82 Å². The molecule has 148 valence electrons. The molecule has 1 aromatic carbocycles. The van der Waals surface area contributed by atoms with E-state index in [0.717, 1.165) is 37.3 Å². The average molecular weight is 389 g/mol. The predicted octanol–water partition coefficient (Wildman–Crippen LogP) is 2.25. The summed E-state index contributed by atoms with van der Waals surface area (Å²) in [5.41, 5.74) is 2.33. The van der Waals surface area contributed by atoms with Crippen molar-refractivity contribution < 1.29 is 4.79 Å². The fourth-order valence-corrected chi connectivity index (χ4v) is 4.45. The summed E-state index contributed by atoms with van der Waals surface area (Å²) in [4.78, 5) is 30.3. The number of fused-ring (bicyclic) bond motifs is 1. The largest absolute Gasteiger partial charge is 0.356 e.